The normalized spacial score (nSPS) is 16.3. The van der Waals surface area contributed by atoms with Crippen LogP contribution in [0.3, 0.4) is 0 Å². The molecule has 0 N–H and O–H groups in total. The van der Waals surface area contributed by atoms with Crippen LogP contribution in [-0.4, -0.2) is 9.97 Å². The number of aryl methyl sites for hydroxylation is 5. The van der Waals surface area contributed by atoms with Crippen molar-refractivity contribution in [3.05, 3.63) is 179 Å². The maximum absolute atomic E-state index is 12.9. The molecular weight excluding hydrogens is 780 g/mol. The van der Waals surface area contributed by atoms with Gasteiger partial charge in [-0.15, -0.1) is 65.7 Å². The van der Waals surface area contributed by atoms with Gasteiger partial charge in [-0.1, -0.05) is 84.4 Å². The molecule has 0 unspecified atom stereocenters. The smallest absolute Gasteiger partial charge is 0.0379 e. The van der Waals surface area contributed by atoms with Gasteiger partial charge in [-0.2, -0.15) is 0 Å². The summed E-state index contributed by atoms with van der Waals surface area (Å²) in [6.45, 7) is -12.8. The Morgan fingerprint density at radius 1 is 0.510 bits per heavy atom. The maximum atomic E-state index is 12.9. The minimum Gasteiger partial charge on any atom is -0.304 e. The topological polar surface area (TPSA) is 25.8 Å². The molecule has 0 bridgehead atoms. The van der Waals surface area contributed by atoms with Crippen molar-refractivity contribution >= 4 is 0 Å². The maximum Gasteiger partial charge on any atom is 0.0379 e. The third-order valence-corrected chi connectivity index (χ3v) is 7.59. The minimum atomic E-state index is -2.64. The zero-order valence-electron chi connectivity index (χ0n) is 40.8. The first-order valence-corrected chi connectivity index (χ1v) is 14.8. The van der Waals surface area contributed by atoms with Crippen molar-refractivity contribution in [1.29, 1.82) is 0 Å². The summed E-state index contributed by atoms with van der Waals surface area (Å²) in [5, 5.41) is 0. The molecule has 5 aromatic carbocycles. The Balaban J connectivity index is 0.000000295. The Morgan fingerprint density at radius 2 is 1.16 bits per heavy atom. The summed E-state index contributed by atoms with van der Waals surface area (Å²) in [5.74, 6) is -0.478. The molecule has 0 aliphatic rings. The first-order valence-electron chi connectivity index (χ1n) is 22.3. The molecular formula is C45H37FIrN2-2. The average Bonchev–Trinajstić information content (AvgIpc) is 3.22. The Kier molecular flexibility index (Phi) is 6.65. The second-order valence-electron chi connectivity index (χ2n) is 10.8. The van der Waals surface area contributed by atoms with E-state index < -0.39 is 40.1 Å². The molecule has 4 heteroatoms. The van der Waals surface area contributed by atoms with E-state index in [2.05, 4.69) is 22.1 Å². The molecule has 2 aromatic heterocycles. The molecule has 0 atom stereocenters. The van der Waals surface area contributed by atoms with Crippen molar-refractivity contribution < 1.29 is 45.1 Å². The molecule has 0 amide bonds. The van der Waals surface area contributed by atoms with E-state index in [9.17, 15) is 4.39 Å². The number of halogens is 1. The Morgan fingerprint density at radius 3 is 1.88 bits per heavy atom. The van der Waals surface area contributed by atoms with Crippen molar-refractivity contribution in [3.63, 3.8) is 0 Å². The number of nitrogens with zero attached hydrogens (tertiary/aromatic N) is 2. The van der Waals surface area contributed by atoms with Crippen molar-refractivity contribution in [1.82, 2.24) is 9.97 Å². The quantitative estimate of drug-likeness (QED) is 0.162. The van der Waals surface area contributed by atoms with Gasteiger partial charge >= 0.3 is 0 Å². The molecule has 0 saturated heterocycles. The van der Waals surface area contributed by atoms with Gasteiger partial charge in [0.05, 0.1) is 0 Å². The van der Waals surface area contributed by atoms with Crippen molar-refractivity contribution in [2.75, 3.05) is 0 Å². The van der Waals surface area contributed by atoms with Gasteiger partial charge in [-0.25, -0.2) is 0 Å². The van der Waals surface area contributed by atoms with Crippen LogP contribution in [-0.2, 0) is 20.1 Å². The number of rotatable bonds is 5. The third-order valence-electron chi connectivity index (χ3n) is 7.59. The van der Waals surface area contributed by atoms with Gasteiger partial charge in [-0.05, 0) is 101 Å². The zero-order chi connectivity index (χ0) is 46.1. The number of benzene rings is 5. The van der Waals surface area contributed by atoms with E-state index in [0.29, 0.717) is 27.9 Å². The van der Waals surface area contributed by atoms with Gasteiger partial charge < -0.3 is 9.97 Å². The summed E-state index contributed by atoms with van der Waals surface area (Å²) in [6.07, 6.45) is 2.28. The Labute approximate surface area is 324 Å². The van der Waals surface area contributed by atoms with E-state index in [-0.39, 0.29) is 64.7 Å². The van der Waals surface area contributed by atoms with E-state index in [4.69, 9.17) is 20.6 Å². The van der Waals surface area contributed by atoms with Crippen LogP contribution in [0.4, 0.5) is 4.39 Å². The summed E-state index contributed by atoms with van der Waals surface area (Å²) in [4.78, 5) is 8.29. The molecule has 7 rings (SSSR count). The Bertz CT molecular complexity index is 2710. The van der Waals surface area contributed by atoms with E-state index >= 15 is 0 Å². The molecule has 49 heavy (non-hydrogen) atoms. The molecule has 0 fully saturated rings. The van der Waals surface area contributed by atoms with Gasteiger partial charge in [-0.3, -0.25) is 4.39 Å². The van der Waals surface area contributed by atoms with Gasteiger partial charge in [0, 0.05) is 58.9 Å². The molecule has 7 aromatic rings. The second kappa shape index (κ2) is 15.9. The second-order valence-corrected chi connectivity index (χ2v) is 10.8. The van der Waals surface area contributed by atoms with Crippen LogP contribution in [0.25, 0.3) is 55.9 Å². The van der Waals surface area contributed by atoms with Gasteiger partial charge in [0.15, 0.2) is 0 Å². The fraction of sp³-hybridized carbons (Fsp3) is 0.111. The fourth-order valence-corrected chi connectivity index (χ4v) is 5.10. The molecule has 1 radical (unpaired) electrons. The van der Waals surface area contributed by atoms with E-state index in [1.54, 1.807) is 60.7 Å². The van der Waals surface area contributed by atoms with Crippen molar-refractivity contribution in [2.45, 2.75) is 34.3 Å². The first-order chi connectivity index (χ1) is 29.3. The van der Waals surface area contributed by atoms with Crippen molar-refractivity contribution in [3.8, 4) is 55.9 Å². The van der Waals surface area contributed by atoms with Crippen LogP contribution in [0.2, 0.25) is 0 Å². The minimum absolute atomic E-state index is 0. The number of hydrogen-bond acceptors (Lipinski definition) is 2. The molecule has 0 aliphatic carbocycles. The number of pyridine rings is 2. The summed E-state index contributed by atoms with van der Waals surface area (Å²) in [6, 6.07) is 38.4. The van der Waals surface area contributed by atoms with Gasteiger partial charge in [0.1, 0.15) is 0 Å². The SMILES string of the molecule is [2H]C([2H])([2H])c1cc(-c2ccccc2)ccc1-c1ccc(-c2cc(-c3[c-]cccc3)ncc2C([2H])([2H])[2H])c(C([2H])([2H])[2H])c1.[2H]C([2H])([2H])c1cnc(-c2[c-]cc(F)cc2)cc1C([2H])([2H])[2H].[Ir]. The first kappa shape index (κ1) is 20.5. The van der Waals surface area contributed by atoms with E-state index in [1.165, 1.54) is 30.5 Å². The summed E-state index contributed by atoms with van der Waals surface area (Å²) < 4.78 is 132. The standard InChI is InChI=1S/C32H26N.C13H11FN.Ir/c1-22-18-27(25-10-6-4-7-11-25)14-16-29(22)28-15-17-30(23(2)19-28)31-20-32(33-21-24(31)3)26-12-8-5-9-13-26;1-9-7-13(15-8-10(9)2)11-3-5-12(14)6-4-11;/h4-12,14-21H,1-3H3;3,5-8H,1-2H3;/q2*-1;/i1D3,2D3,3D3;1D3,2D3;. The molecule has 0 spiro atoms. The van der Waals surface area contributed by atoms with Gasteiger partial charge in [0.25, 0.3) is 0 Å². The molecule has 0 saturated carbocycles. The van der Waals surface area contributed by atoms with Crippen LogP contribution in [0.5, 0.6) is 0 Å². The molecule has 0 aliphatic heterocycles. The van der Waals surface area contributed by atoms with Crippen LogP contribution in [0, 0.1) is 52.2 Å². The Hall–Kier alpha value is -5.02. The predicted octanol–water partition coefficient (Wildman–Crippen LogP) is 11.8. The molecule has 245 valence electrons. The monoisotopic (exact) mass is 832 g/mol. The van der Waals surface area contributed by atoms with Gasteiger partial charge in [0.2, 0.25) is 0 Å². The average molecular weight is 832 g/mol. The summed E-state index contributed by atoms with van der Waals surface area (Å²) >= 11 is 0. The van der Waals surface area contributed by atoms with Crippen LogP contribution in [0.1, 0.15) is 48.4 Å². The third kappa shape index (κ3) is 8.35. The number of hydrogen-bond donors (Lipinski definition) is 0. The molecule has 2 heterocycles. The van der Waals surface area contributed by atoms with Crippen LogP contribution < -0.4 is 0 Å². The van der Waals surface area contributed by atoms with E-state index in [0.717, 1.165) is 23.4 Å². The summed E-state index contributed by atoms with van der Waals surface area (Å²) in [7, 11) is 0. The van der Waals surface area contributed by atoms with E-state index in [1.807, 2.05) is 30.3 Å². The summed E-state index contributed by atoms with van der Waals surface area (Å²) in [5.41, 5.74) is 3.77. The predicted molar refractivity (Wildman–Crippen MR) is 197 cm³/mol. The number of aromatic nitrogens is 2. The fourth-order valence-electron chi connectivity index (χ4n) is 5.10. The zero-order valence-corrected chi connectivity index (χ0v) is 28.2. The van der Waals surface area contributed by atoms with Crippen LogP contribution >= 0.6 is 0 Å². The van der Waals surface area contributed by atoms with Crippen LogP contribution in [0.15, 0.2) is 134 Å². The molecule has 2 nitrogen and oxygen atoms in total. The largest absolute Gasteiger partial charge is 0.304 e. The van der Waals surface area contributed by atoms with Crippen molar-refractivity contribution in [2.24, 2.45) is 0 Å².